The minimum atomic E-state index is -0.889. The third kappa shape index (κ3) is 5.11. The first kappa shape index (κ1) is 25.0. The van der Waals surface area contributed by atoms with Crippen LogP contribution in [0.4, 0.5) is 15.8 Å². The lowest BCUT2D eigenvalue weighted by Crippen LogP contribution is -2.32. The van der Waals surface area contributed by atoms with Crippen molar-refractivity contribution in [1.82, 2.24) is 5.32 Å². The molecule has 3 N–H and O–H groups in total. The van der Waals surface area contributed by atoms with Crippen molar-refractivity contribution in [3.05, 3.63) is 116 Å². The van der Waals surface area contributed by atoms with Gasteiger partial charge in [-0.2, -0.15) is 0 Å². The average molecular weight is 483 g/mol. The van der Waals surface area contributed by atoms with Crippen LogP contribution in [0.1, 0.15) is 35.7 Å². The number of hydrogen-bond donors (Lipinski definition) is 3. The number of benzene rings is 3. The molecule has 0 aliphatic rings. The van der Waals surface area contributed by atoms with Gasteiger partial charge in [-0.05, 0) is 60.0 Å². The van der Waals surface area contributed by atoms with E-state index < -0.39 is 16.6 Å². The zero-order chi connectivity index (χ0) is 23.5. The summed E-state index contributed by atoms with van der Waals surface area (Å²) < 4.78 is 18.6. The molecule has 0 fully saturated rings. The molecule has 0 aliphatic heterocycles. The molecule has 1 unspecified atom stereocenters. The van der Waals surface area contributed by atoms with Gasteiger partial charge in [0, 0.05) is 11.7 Å². The van der Waals surface area contributed by atoms with Crippen LogP contribution in [0.5, 0.6) is 11.5 Å². The van der Waals surface area contributed by atoms with E-state index in [2.05, 4.69) is 10.6 Å². The summed E-state index contributed by atoms with van der Waals surface area (Å²) >= 11 is 0. The fraction of sp³-hybridized carbons (Fsp3) is 0.154. The predicted octanol–water partition coefficient (Wildman–Crippen LogP) is 4.74. The maximum Gasteiger partial charge on any atom is 0.271 e. The molecule has 4 rings (SSSR count). The van der Waals surface area contributed by atoms with Crippen LogP contribution in [-0.4, -0.2) is 12.2 Å². The second-order valence-corrected chi connectivity index (χ2v) is 7.78. The van der Waals surface area contributed by atoms with Crippen molar-refractivity contribution in [3.63, 3.8) is 0 Å². The molecular formula is C26H24ClFN2O4. The molecule has 0 radical (unpaired) electrons. The van der Waals surface area contributed by atoms with E-state index >= 15 is 0 Å². The van der Waals surface area contributed by atoms with E-state index in [0.29, 0.717) is 5.69 Å². The molecule has 0 aliphatic carbocycles. The summed E-state index contributed by atoms with van der Waals surface area (Å²) in [6.45, 7) is 1.99. The van der Waals surface area contributed by atoms with Crippen LogP contribution < -0.4 is 26.2 Å². The lowest BCUT2D eigenvalue weighted by molar-refractivity contribution is 0.414. The van der Waals surface area contributed by atoms with Crippen molar-refractivity contribution in [1.29, 1.82) is 0 Å². The second-order valence-electron chi connectivity index (χ2n) is 7.78. The van der Waals surface area contributed by atoms with E-state index in [0.717, 1.165) is 22.4 Å². The van der Waals surface area contributed by atoms with Crippen molar-refractivity contribution < 1.29 is 14.2 Å². The number of nitrogens with one attached hydrogen (secondary N) is 2. The molecule has 2 atom stereocenters. The molecule has 0 heterocycles. The van der Waals surface area contributed by atoms with E-state index in [1.54, 1.807) is 25.3 Å². The summed E-state index contributed by atoms with van der Waals surface area (Å²) in [7, 11) is 1.60. The number of ether oxygens (including phenoxy) is 1. The van der Waals surface area contributed by atoms with Gasteiger partial charge < -0.3 is 15.2 Å². The first-order chi connectivity index (χ1) is 15.9. The number of anilines is 2. The smallest absolute Gasteiger partial charge is 0.271 e. The van der Waals surface area contributed by atoms with Gasteiger partial charge in [-0.1, -0.05) is 36.4 Å². The minimum Gasteiger partial charge on any atom is -0.502 e. The Balaban J connectivity index is 0.00000324. The number of rotatable bonds is 8. The Bertz CT molecular complexity index is 1330. The molecule has 0 aromatic heterocycles. The highest BCUT2D eigenvalue weighted by Gasteiger charge is 2.22. The van der Waals surface area contributed by atoms with Crippen molar-refractivity contribution in [2.24, 2.45) is 0 Å². The largest absolute Gasteiger partial charge is 0.502 e. The van der Waals surface area contributed by atoms with Gasteiger partial charge in [0.15, 0.2) is 5.75 Å². The second kappa shape index (κ2) is 10.5. The van der Waals surface area contributed by atoms with Crippen LogP contribution in [0.25, 0.3) is 0 Å². The Hall–Kier alpha value is -3.68. The van der Waals surface area contributed by atoms with Gasteiger partial charge in [-0.3, -0.25) is 14.9 Å². The summed E-state index contributed by atoms with van der Waals surface area (Å²) in [6.07, 6.45) is 0. The molecule has 0 bridgehead atoms. The standard InChI is InChI=1S/C26H23FN2O4.ClH/c1-15(16-6-10-19(27)11-7-16)28-22(17-8-12-21(33-2)13-9-17)18-4-3-5-20(14-18)29-23-24(30)26(32)25(23)31;/h3-15,22,28-30H,1-2H3;1H/t15-,22?;/m1./s1. The fourth-order valence-corrected chi connectivity index (χ4v) is 3.71. The average Bonchev–Trinajstić information content (AvgIpc) is 2.85. The molecule has 0 saturated heterocycles. The van der Waals surface area contributed by atoms with Gasteiger partial charge in [0.05, 0.1) is 13.2 Å². The topological polar surface area (TPSA) is 87.7 Å². The SMILES string of the molecule is COc1ccc(C(N[C@H](C)c2ccc(F)cc2)c2cccc(Nc3c(O)c(=O)c3=O)c2)cc1.Cl. The molecular weight excluding hydrogens is 459 g/mol. The Morgan fingerprint density at radius 3 is 2.15 bits per heavy atom. The molecule has 34 heavy (non-hydrogen) atoms. The quantitative estimate of drug-likeness (QED) is 0.314. The van der Waals surface area contributed by atoms with E-state index in [-0.39, 0.29) is 36.0 Å². The lowest BCUT2D eigenvalue weighted by Gasteiger charge is -2.25. The van der Waals surface area contributed by atoms with Crippen LogP contribution in [0.2, 0.25) is 0 Å². The number of hydrogen-bond acceptors (Lipinski definition) is 6. The zero-order valence-electron chi connectivity index (χ0n) is 18.5. The normalized spacial score (nSPS) is 12.6. The Morgan fingerprint density at radius 2 is 1.53 bits per heavy atom. The van der Waals surface area contributed by atoms with Gasteiger partial charge in [-0.25, -0.2) is 4.39 Å². The van der Waals surface area contributed by atoms with Crippen LogP contribution in [-0.2, 0) is 0 Å². The van der Waals surface area contributed by atoms with Crippen LogP contribution in [0.3, 0.4) is 0 Å². The maximum absolute atomic E-state index is 13.4. The van der Waals surface area contributed by atoms with Crippen molar-refractivity contribution in [2.45, 2.75) is 19.0 Å². The molecule has 0 saturated carbocycles. The fourth-order valence-electron chi connectivity index (χ4n) is 3.71. The molecule has 0 amide bonds. The monoisotopic (exact) mass is 482 g/mol. The summed E-state index contributed by atoms with van der Waals surface area (Å²) in [4.78, 5) is 23.0. The van der Waals surface area contributed by atoms with E-state index in [1.165, 1.54) is 12.1 Å². The molecule has 6 nitrogen and oxygen atoms in total. The van der Waals surface area contributed by atoms with Crippen LogP contribution in [0, 0.1) is 5.82 Å². The third-order valence-electron chi connectivity index (χ3n) is 5.61. The lowest BCUT2D eigenvalue weighted by atomic mass is 9.96. The zero-order valence-corrected chi connectivity index (χ0v) is 19.4. The summed E-state index contributed by atoms with van der Waals surface area (Å²) in [5.41, 5.74) is 1.61. The van der Waals surface area contributed by atoms with Gasteiger partial charge >= 0.3 is 0 Å². The summed E-state index contributed by atoms with van der Waals surface area (Å²) in [5, 5.41) is 16.1. The van der Waals surface area contributed by atoms with Gasteiger partial charge in [0.25, 0.3) is 10.9 Å². The molecule has 8 heteroatoms. The summed E-state index contributed by atoms with van der Waals surface area (Å²) in [6, 6.07) is 21.0. The number of aromatic hydroxyl groups is 1. The van der Waals surface area contributed by atoms with Crippen molar-refractivity contribution in [2.75, 3.05) is 12.4 Å². The summed E-state index contributed by atoms with van der Waals surface area (Å²) in [5.74, 6) is -0.117. The maximum atomic E-state index is 13.4. The predicted molar refractivity (Wildman–Crippen MR) is 133 cm³/mol. The van der Waals surface area contributed by atoms with E-state index in [9.17, 15) is 19.1 Å². The van der Waals surface area contributed by atoms with Crippen LogP contribution >= 0.6 is 12.4 Å². The Labute approximate surface area is 202 Å². The third-order valence-corrected chi connectivity index (χ3v) is 5.61. The first-order valence-electron chi connectivity index (χ1n) is 10.4. The molecule has 176 valence electrons. The highest BCUT2D eigenvalue weighted by atomic mass is 35.5. The molecule has 4 aromatic rings. The first-order valence-corrected chi connectivity index (χ1v) is 10.4. The van der Waals surface area contributed by atoms with Gasteiger partial charge in [0.2, 0.25) is 0 Å². The van der Waals surface area contributed by atoms with Gasteiger partial charge in [0.1, 0.15) is 17.3 Å². The number of halogens is 2. The Morgan fingerprint density at radius 1 is 0.882 bits per heavy atom. The van der Waals surface area contributed by atoms with E-state index in [1.807, 2.05) is 49.4 Å². The minimum absolute atomic E-state index is 0. The van der Waals surface area contributed by atoms with Crippen molar-refractivity contribution >= 4 is 23.8 Å². The van der Waals surface area contributed by atoms with E-state index in [4.69, 9.17) is 4.74 Å². The number of methoxy groups -OCH3 is 1. The Kier molecular flexibility index (Phi) is 7.71. The van der Waals surface area contributed by atoms with Crippen LogP contribution in [0.15, 0.2) is 82.4 Å². The highest BCUT2D eigenvalue weighted by Crippen LogP contribution is 2.30. The van der Waals surface area contributed by atoms with Gasteiger partial charge in [-0.15, -0.1) is 12.4 Å². The molecule has 0 spiro atoms. The van der Waals surface area contributed by atoms with Crippen molar-refractivity contribution in [3.8, 4) is 11.5 Å². The molecule has 4 aromatic carbocycles. The highest BCUT2D eigenvalue weighted by molar-refractivity contribution is 5.85.